The fourth-order valence-corrected chi connectivity index (χ4v) is 3.22. The van der Waals surface area contributed by atoms with Gasteiger partial charge in [0.1, 0.15) is 16.7 Å². The monoisotopic (exact) mass is 281 g/mol. The molecule has 2 unspecified atom stereocenters. The van der Waals surface area contributed by atoms with Gasteiger partial charge in [-0.3, -0.25) is 0 Å². The summed E-state index contributed by atoms with van der Waals surface area (Å²) in [6.45, 7) is 3.08. The van der Waals surface area contributed by atoms with Crippen LogP contribution in [-0.4, -0.2) is 32.7 Å². The topological polar surface area (TPSA) is 92.1 Å². The lowest BCUT2D eigenvalue weighted by Crippen LogP contribution is -2.38. The molecule has 2 heterocycles. The first-order chi connectivity index (χ1) is 9.03. The van der Waals surface area contributed by atoms with Crippen LogP contribution in [0.5, 0.6) is 0 Å². The van der Waals surface area contributed by atoms with Gasteiger partial charge in [-0.15, -0.1) is 0 Å². The van der Waals surface area contributed by atoms with E-state index in [1.165, 1.54) is 18.3 Å². The van der Waals surface area contributed by atoms with E-state index >= 15 is 0 Å². The van der Waals surface area contributed by atoms with Crippen molar-refractivity contribution in [3.63, 3.8) is 0 Å². The Morgan fingerprint density at radius 3 is 2.89 bits per heavy atom. The third-order valence-corrected chi connectivity index (χ3v) is 4.72. The number of rotatable bonds is 4. The number of pyridine rings is 1. The van der Waals surface area contributed by atoms with Crippen molar-refractivity contribution in [3.8, 4) is 6.07 Å². The Balaban J connectivity index is 2.10. The second-order valence-electron chi connectivity index (χ2n) is 4.52. The van der Waals surface area contributed by atoms with Gasteiger partial charge in [-0.2, -0.15) is 5.26 Å². The zero-order valence-electron chi connectivity index (χ0n) is 10.5. The maximum Gasteiger partial charge on any atom is 0.242 e. The smallest absolute Gasteiger partial charge is 0.242 e. The van der Waals surface area contributed by atoms with Crippen molar-refractivity contribution >= 4 is 10.0 Å². The highest BCUT2D eigenvalue weighted by Crippen LogP contribution is 2.18. The summed E-state index contributed by atoms with van der Waals surface area (Å²) in [6.07, 6.45) is 2.05. The predicted octanol–water partition coefficient (Wildman–Crippen LogP) is 0.657. The first kappa shape index (κ1) is 13.9. The normalized spacial score (nSPS) is 20.9. The maximum atomic E-state index is 12.1. The van der Waals surface area contributed by atoms with E-state index < -0.39 is 10.0 Å². The van der Waals surface area contributed by atoms with E-state index in [0.717, 1.165) is 6.42 Å². The fraction of sp³-hybridized carbons (Fsp3) is 0.500. The van der Waals surface area contributed by atoms with Crippen LogP contribution in [0.4, 0.5) is 0 Å². The summed E-state index contributed by atoms with van der Waals surface area (Å²) in [7, 11) is -3.60. The molecule has 1 fully saturated rings. The second-order valence-corrected chi connectivity index (χ2v) is 6.24. The van der Waals surface area contributed by atoms with Gasteiger partial charge in [0.15, 0.2) is 0 Å². The Hall–Kier alpha value is -1.49. The molecule has 1 aromatic rings. The molecule has 1 N–H and O–H groups in total. The van der Waals surface area contributed by atoms with Crippen molar-refractivity contribution in [3.05, 3.63) is 24.0 Å². The SMILES string of the molecule is CC(NS(=O)(=O)c1ccc(C#N)nc1)C1CCOC1. The largest absolute Gasteiger partial charge is 0.381 e. The molecule has 1 saturated heterocycles. The van der Waals surface area contributed by atoms with Gasteiger partial charge in [-0.1, -0.05) is 0 Å². The first-order valence-electron chi connectivity index (χ1n) is 5.99. The molecule has 1 aliphatic heterocycles. The summed E-state index contributed by atoms with van der Waals surface area (Å²) >= 11 is 0. The summed E-state index contributed by atoms with van der Waals surface area (Å²) in [5.41, 5.74) is 0.191. The molecule has 0 aromatic carbocycles. The summed E-state index contributed by atoms with van der Waals surface area (Å²) in [4.78, 5) is 3.83. The first-order valence-corrected chi connectivity index (χ1v) is 7.47. The summed E-state index contributed by atoms with van der Waals surface area (Å²) in [5.74, 6) is 0.195. The fourth-order valence-electron chi connectivity index (χ4n) is 1.96. The minimum absolute atomic E-state index is 0.0669. The summed E-state index contributed by atoms with van der Waals surface area (Å²) in [5, 5.41) is 8.63. The molecule has 2 atom stereocenters. The van der Waals surface area contributed by atoms with Gasteiger partial charge in [-0.25, -0.2) is 18.1 Å². The van der Waals surface area contributed by atoms with Crippen molar-refractivity contribution < 1.29 is 13.2 Å². The van der Waals surface area contributed by atoms with Crippen LogP contribution in [0.1, 0.15) is 19.0 Å². The molecule has 19 heavy (non-hydrogen) atoms. The molecule has 1 aliphatic rings. The highest BCUT2D eigenvalue weighted by Gasteiger charge is 2.26. The van der Waals surface area contributed by atoms with Crippen molar-refractivity contribution in [2.75, 3.05) is 13.2 Å². The van der Waals surface area contributed by atoms with E-state index in [1.54, 1.807) is 0 Å². The van der Waals surface area contributed by atoms with Crippen molar-refractivity contribution in [2.24, 2.45) is 5.92 Å². The standard InChI is InChI=1S/C12H15N3O3S/c1-9(10-4-5-18-8-10)15-19(16,17)12-3-2-11(6-13)14-7-12/h2-3,7,9-10,15H,4-5,8H2,1H3. The Morgan fingerprint density at radius 1 is 1.58 bits per heavy atom. The molecule has 0 aliphatic carbocycles. The van der Waals surface area contributed by atoms with Crippen LogP contribution in [0.25, 0.3) is 0 Å². The third-order valence-electron chi connectivity index (χ3n) is 3.17. The minimum Gasteiger partial charge on any atom is -0.381 e. The van der Waals surface area contributed by atoms with E-state index in [0.29, 0.717) is 13.2 Å². The van der Waals surface area contributed by atoms with Gasteiger partial charge < -0.3 is 4.74 Å². The average molecular weight is 281 g/mol. The number of hydrogen-bond acceptors (Lipinski definition) is 5. The zero-order chi connectivity index (χ0) is 13.9. The Labute approximate surface area is 112 Å². The summed E-state index contributed by atoms with van der Waals surface area (Å²) < 4.78 is 32.1. The molecular weight excluding hydrogens is 266 g/mol. The molecule has 0 radical (unpaired) electrons. The number of aromatic nitrogens is 1. The highest BCUT2D eigenvalue weighted by molar-refractivity contribution is 7.89. The molecule has 102 valence electrons. The van der Waals surface area contributed by atoms with Crippen LogP contribution in [0.3, 0.4) is 0 Å². The van der Waals surface area contributed by atoms with Crippen LogP contribution in [0.2, 0.25) is 0 Å². The van der Waals surface area contributed by atoms with Gasteiger partial charge in [0.2, 0.25) is 10.0 Å². The number of ether oxygens (including phenoxy) is 1. The maximum absolute atomic E-state index is 12.1. The van der Waals surface area contributed by atoms with Crippen molar-refractivity contribution in [2.45, 2.75) is 24.3 Å². The van der Waals surface area contributed by atoms with Gasteiger partial charge >= 0.3 is 0 Å². The Morgan fingerprint density at radius 2 is 2.37 bits per heavy atom. The number of nitriles is 1. The Bertz CT molecular complexity index is 571. The molecule has 0 bridgehead atoms. The lowest BCUT2D eigenvalue weighted by atomic mass is 10.0. The summed E-state index contributed by atoms with van der Waals surface area (Å²) in [6, 6.07) is 4.42. The van der Waals surface area contributed by atoms with Crippen LogP contribution in [0, 0.1) is 17.2 Å². The lowest BCUT2D eigenvalue weighted by molar-refractivity contribution is 0.180. The molecule has 0 spiro atoms. The van der Waals surface area contributed by atoms with Crippen LogP contribution < -0.4 is 4.72 Å². The van der Waals surface area contributed by atoms with Crippen molar-refractivity contribution in [1.82, 2.24) is 9.71 Å². The van der Waals surface area contributed by atoms with E-state index in [-0.39, 0.29) is 22.5 Å². The van der Waals surface area contributed by atoms with E-state index in [1.807, 2.05) is 13.0 Å². The predicted molar refractivity (Wildman–Crippen MR) is 67.7 cm³/mol. The molecule has 6 nitrogen and oxygen atoms in total. The number of nitrogens with one attached hydrogen (secondary N) is 1. The molecule has 7 heteroatoms. The van der Waals surface area contributed by atoms with Crippen LogP contribution in [0.15, 0.2) is 23.2 Å². The molecule has 0 amide bonds. The van der Waals surface area contributed by atoms with Gasteiger partial charge in [0.25, 0.3) is 0 Å². The van der Waals surface area contributed by atoms with E-state index in [2.05, 4.69) is 9.71 Å². The average Bonchev–Trinajstić information content (AvgIpc) is 2.92. The second kappa shape index (κ2) is 5.65. The van der Waals surface area contributed by atoms with Crippen molar-refractivity contribution in [1.29, 1.82) is 5.26 Å². The quantitative estimate of drug-likeness (QED) is 0.875. The number of sulfonamides is 1. The zero-order valence-corrected chi connectivity index (χ0v) is 11.4. The highest BCUT2D eigenvalue weighted by atomic mass is 32.2. The van der Waals surface area contributed by atoms with Crippen LogP contribution in [-0.2, 0) is 14.8 Å². The molecule has 2 rings (SSSR count). The number of nitrogens with zero attached hydrogens (tertiary/aromatic N) is 2. The van der Waals surface area contributed by atoms with Gasteiger partial charge in [0, 0.05) is 24.8 Å². The van der Waals surface area contributed by atoms with E-state index in [4.69, 9.17) is 10.00 Å². The molecule has 0 saturated carbocycles. The Kier molecular flexibility index (Phi) is 4.14. The van der Waals surface area contributed by atoms with Crippen LogP contribution >= 0.6 is 0 Å². The molecule has 1 aromatic heterocycles. The van der Waals surface area contributed by atoms with E-state index in [9.17, 15) is 8.42 Å². The molecular formula is C12H15N3O3S. The minimum atomic E-state index is -3.60. The number of hydrogen-bond donors (Lipinski definition) is 1. The third kappa shape index (κ3) is 3.29. The lowest BCUT2D eigenvalue weighted by Gasteiger charge is -2.19. The van der Waals surface area contributed by atoms with Gasteiger partial charge in [-0.05, 0) is 25.5 Å². The van der Waals surface area contributed by atoms with Gasteiger partial charge in [0.05, 0.1) is 6.61 Å².